The summed E-state index contributed by atoms with van der Waals surface area (Å²) in [7, 11) is 1.50. The molecule has 1 heterocycles. The Labute approximate surface area is 119 Å². The van der Waals surface area contributed by atoms with Crippen molar-refractivity contribution >= 4 is 41.8 Å². The molecule has 0 radical (unpaired) electrons. The number of anilines is 1. The van der Waals surface area contributed by atoms with E-state index in [0.29, 0.717) is 27.2 Å². The second-order valence-corrected chi connectivity index (χ2v) is 4.50. The van der Waals surface area contributed by atoms with Crippen LogP contribution in [0.15, 0.2) is 17.3 Å². The minimum atomic E-state index is 0.0648. The van der Waals surface area contributed by atoms with Crippen LogP contribution in [0.2, 0.25) is 10.0 Å². The lowest BCUT2D eigenvalue weighted by Crippen LogP contribution is -2.01. The quantitative estimate of drug-likeness (QED) is 0.834. The zero-order valence-corrected chi connectivity index (χ0v) is 11.6. The number of methoxy groups -OCH3 is 1. The fourth-order valence-electron chi connectivity index (χ4n) is 1.36. The molecule has 18 heavy (non-hydrogen) atoms. The van der Waals surface area contributed by atoms with Gasteiger partial charge in [-0.2, -0.15) is 9.97 Å². The smallest absolute Gasteiger partial charge is 0.224 e. The van der Waals surface area contributed by atoms with Gasteiger partial charge >= 0.3 is 0 Å². The van der Waals surface area contributed by atoms with Crippen molar-refractivity contribution in [3.8, 4) is 17.1 Å². The summed E-state index contributed by atoms with van der Waals surface area (Å²) in [6, 6.07) is 3.18. The van der Waals surface area contributed by atoms with Crippen LogP contribution in [-0.2, 0) is 0 Å². The van der Waals surface area contributed by atoms with E-state index in [9.17, 15) is 0 Å². The Kier molecular flexibility index (Phi) is 3.79. The molecule has 0 unspecified atom stereocenters. The van der Waals surface area contributed by atoms with Crippen molar-refractivity contribution in [1.82, 2.24) is 15.0 Å². The Bertz CT molecular complexity index is 588. The summed E-state index contributed by atoms with van der Waals surface area (Å²) in [6.45, 7) is 0. The second-order valence-electron chi connectivity index (χ2n) is 3.28. The van der Waals surface area contributed by atoms with E-state index in [1.54, 1.807) is 12.1 Å². The van der Waals surface area contributed by atoms with Crippen molar-refractivity contribution < 1.29 is 4.74 Å². The van der Waals surface area contributed by atoms with Gasteiger partial charge in [0.05, 0.1) is 17.2 Å². The fourth-order valence-corrected chi connectivity index (χ4v) is 2.10. The van der Waals surface area contributed by atoms with Gasteiger partial charge in [0.15, 0.2) is 11.0 Å². The van der Waals surface area contributed by atoms with E-state index in [4.69, 9.17) is 33.7 Å². The predicted molar refractivity (Wildman–Crippen MR) is 73.5 cm³/mol. The summed E-state index contributed by atoms with van der Waals surface area (Å²) >= 11 is 16.1. The summed E-state index contributed by atoms with van der Waals surface area (Å²) < 4.78 is 5.11. The van der Waals surface area contributed by atoms with E-state index in [1.807, 2.05) is 0 Å². The van der Waals surface area contributed by atoms with Gasteiger partial charge in [0.2, 0.25) is 5.95 Å². The number of halogens is 2. The lowest BCUT2D eigenvalue weighted by Gasteiger charge is -2.08. The van der Waals surface area contributed by atoms with Crippen LogP contribution in [0.1, 0.15) is 0 Å². The van der Waals surface area contributed by atoms with E-state index in [1.165, 1.54) is 7.11 Å². The third kappa shape index (κ3) is 2.60. The molecule has 2 N–H and O–H groups in total. The van der Waals surface area contributed by atoms with Gasteiger partial charge < -0.3 is 10.5 Å². The molecule has 0 aliphatic carbocycles. The molecule has 0 amide bonds. The number of rotatable bonds is 2. The molecule has 1 aromatic carbocycles. The first-order valence-corrected chi connectivity index (χ1v) is 5.95. The van der Waals surface area contributed by atoms with Crippen LogP contribution < -0.4 is 10.5 Å². The molecule has 8 heteroatoms. The molecule has 0 fully saturated rings. The van der Waals surface area contributed by atoms with E-state index in [0.717, 1.165) is 0 Å². The summed E-state index contributed by atoms with van der Waals surface area (Å²) in [4.78, 5) is 11.8. The molecule has 1 aromatic heterocycles. The molecule has 0 saturated carbocycles. The number of nitrogens with two attached hydrogens (primary N) is 1. The van der Waals surface area contributed by atoms with Crippen molar-refractivity contribution in [1.29, 1.82) is 0 Å². The third-order valence-corrected chi connectivity index (χ3v) is 2.93. The van der Waals surface area contributed by atoms with Gasteiger partial charge in [0, 0.05) is 5.56 Å². The molecule has 0 saturated heterocycles. The first kappa shape index (κ1) is 13.2. The fraction of sp³-hybridized carbons (Fsp3) is 0.100. The molecule has 5 nitrogen and oxygen atoms in total. The number of hydrogen-bond donors (Lipinski definition) is 2. The van der Waals surface area contributed by atoms with Crippen molar-refractivity contribution in [2.75, 3.05) is 12.8 Å². The number of nitrogen functional groups attached to an aromatic ring is 1. The van der Waals surface area contributed by atoms with Crippen LogP contribution in [-0.4, -0.2) is 22.1 Å². The Morgan fingerprint density at radius 3 is 2.50 bits per heavy atom. The number of benzene rings is 1. The minimum absolute atomic E-state index is 0.0648. The van der Waals surface area contributed by atoms with E-state index in [-0.39, 0.29) is 11.1 Å². The molecule has 0 aliphatic rings. The van der Waals surface area contributed by atoms with Gasteiger partial charge in [-0.25, -0.2) is 4.98 Å². The highest BCUT2D eigenvalue weighted by molar-refractivity contribution is 7.80. The zero-order valence-electron chi connectivity index (χ0n) is 9.19. The highest BCUT2D eigenvalue weighted by Crippen LogP contribution is 2.35. The standard InChI is InChI=1S/C10H8Cl2N4OS/c1-17-7-2-4(5(11)3-6(7)12)8-14-9(13)16-10(18)15-8/h2-3H,1H3,(H3,13,14,15,16,18). The largest absolute Gasteiger partial charge is 0.495 e. The van der Waals surface area contributed by atoms with Gasteiger partial charge in [-0.3, -0.25) is 0 Å². The molecule has 0 atom stereocenters. The van der Waals surface area contributed by atoms with Crippen molar-refractivity contribution in [2.45, 2.75) is 5.16 Å². The summed E-state index contributed by atoms with van der Waals surface area (Å²) in [6.07, 6.45) is 0. The summed E-state index contributed by atoms with van der Waals surface area (Å²) in [5.41, 5.74) is 6.08. The van der Waals surface area contributed by atoms with Gasteiger partial charge in [0.25, 0.3) is 0 Å². The van der Waals surface area contributed by atoms with Crippen LogP contribution in [0, 0.1) is 0 Å². The maximum absolute atomic E-state index is 6.09. The van der Waals surface area contributed by atoms with Gasteiger partial charge in [-0.15, -0.1) is 12.6 Å². The van der Waals surface area contributed by atoms with Crippen molar-refractivity contribution in [2.24, 2.45) is 0 Å². The van der Waals surface area contributed by atoms with E-state index >= 15 is 0 Å². The average Bonchev–Trinajstić information content (AvgIpc) is 2.27. The molecule has 2 aromatic rings. The SMILES string of the molecule is COc1cc(-c2nc(N)nc(S)n2)c(Cl)cc1Cl. The van der Waals surface area contributed by atoms with Crippen LogP contribution >= 0.6 is 35.8 Å². The number of ether oxygens (including phenoxy) is 1. The molecule has 0 bridgehead atoms. The normalized spacial score (nSPS) is 10.4. The summed E-state index contributed by atoms with van der Waals surface area (Å²) in [5, 5.41) is 1.00. The van der Waals surface area contributed by atoms with Crippen molar-refractivity contribution in [3.05, 3.63) is 22.2 Å². The topological polar surface area (TPSA) is 73.9 Å². The Balaban J connectivity index is 2.62. The number of thiol groups is 1. The maximum atomic E-state index is 6.09. The number of hydrogen-bond acceptors (Lipinski definition) is 6. The van der Waals surface area contributed by atoms with Gasteiger partial charge in [0.1, 0.15) is 5.75 Å². The molecular formula is C10H8Cl2N4OS. The van der Waals surface area contributed by atoms with Crippen LogP contribution in [0.25, 0.3) is 11.4 Å². The number of nitrogens with zero attached hydrogens (tertiary/aromatic N) is 3. The molecule has 0 aliphatic heterocycles. The highest BCUT2D eigenvalue weighted by Gasteiger charge is 2.13. The molecule has 94 valence electrons. The number of aromatic nitrogens is 3. The zero-order chi connectivity index (χ0) is 13.3. The Morgan fingerprint density at radius 2 is 1.89 bits per heavy atom. The lowest BCUT2D eigenvalue weighted by molar-refractivity contribution is 0.415. The molecule has 0 spiro atoms. The lowest BCUT2D eigenvalue weighted by atomic mass is 10.2. The van der Waals surface area contributed by atoms with Crippen molar-refractivity contribution in [3.63, 3.8) is 0 Å². The molecule has 2 rings (SSSR count). The van der Waals surface area contributed by atoms with Crippen LogP contribution in [0.4, 0.5) is 5.95 Å². The average molecular weight is 303 g/mol. The minimum Gasteiger partial charge on any atom is -0.495 e. The first-order chi connectivity index (χ1) is 8.51. The monoisotopic (exact) mass is 302 g/mol. The predicted octanol–water partition coefficient (Wildman–Crippen LogP) is 2.72. The highest BCUT2D eigenvalue weighted by atomic mass is 35.5. The first-order valence-electron chi connectivity index (χ1n) is 4.75. The van der Waals surface area contributed by atoms with Crippen LogP contribution in [0.3, 0.4) is 0 Å². The van der Waals surface area contributed by atoms with E-state index in [2.05, 4.69) is 27.6 Å². The second kappa shape index (κ2) is 5.17. The Morgan fingerprint density at radius 1 is 1.17 bits per heavy atom. The summed E-state index contributed by atoms with van der Waals surface area (Å²) in [5.74, 6) is 0.846. The van der Waals surface area contributed by atoms with Gasteiger partial charge in [-0.1, -0.05) is 23.2 Å². The molecular weight excluding hydrogens is 295 g/mol. The maximum Gasteiger partial charge on any atom is 0.224 e. The third-order valence-electron chi connectivity index (χ3n) is 2.12. The van der Waals surface area contributed by atoms with Crippen LogP contribution in [0.5, 0.6) is 5.75 Å². The Hall–Kier alpha value is -1.24. The van der Waals surface area contributed by atoms with Gasteiger partial charge in [-0.05, 0) is 12.1 Å². The van der Waals surface area contributed by atoms with E-state index < -0.39 is 0 Å².